The van der Waals surface area contributed by atoms with E-state index in [0.29, 0.717) is 10.7 Å². The van der Waals surface area contributed by atoms with Crippen molar-refractivity contribution in [3.63, 3.8) is 0 Å². The summed E-state index contributed by atoms with van der Waals surface area (Å²) < 4.78 is 5.14. The molecule has 17 heavy (non-hydrogen) atoms. The number of hydrogen-bond donors (Lipinski definition) is 1. The molecule has 0 radical (unpaired) electrons. The molecule has 1 aliphatic carbocycles. The normalized spacial score (nSPS) is 16.9. The lowest BCUT2D eigenvalue weighted by Gasteiger charge is -2.16. The van der Waals surface area contributed by atoms with E-state index in [1.807, 2.05) is 6.92 Å². The van der Waals surface area contributed by atoms with Gasteiger partial charge >= 0.3 is 0 Å². The van der Waals surface area contributed by atoms with E-state index in [0.717, 1.165) is 31.0 Å². The highest BCUT2D eigenvalue weighted by Crippen LogP contribution is 2.48. The first kappa shape index (κ1) is 12.6. The van der Waals surface area contributed by atoms with E-state index in [1.165, 1.54) is 12.8 Å². The lowest BCUT2D eigenvalue weighted by molar-refractivity contribution is 0.175. The maximum Gasteiger partial charge on any atom is 0.224 e. The summed E-state index contributed by atoms with van der Waals surface area (Å²) in [5, 5.41) is 3.67. The topological polar surface area (TPSA) is 47.0 Å². The Morgan fingerprint density at radius 1 is 1.53 bits per heavy atom. The lowest BCUT2D eigenvalue weighted by Crippen LogP contribution is -2.18. The van der Waals surface area contributed by atoms with Gasteiger partial charge in [0.25, 0.3) is 0 Å². The van der Waals surface area contributed by atoms with Crippen LogP contribution < -0.4 is 5.32 Å². The fourth-order valence-electron chi connectivity index (χ4n) is 1.88. The van der Waals surface area contributed by atoms with E-state index in [-0.39, 0.29) is 0 Å². The summed E-state index contributed by atoms with van der Waals surface area (Å²) >= 11 is 5.78. The van der Waals surface area contributed by atoms with Crippen LogP contribution >= 0.6 is 11.6 Å². The van der Waals surface area contributed by atoms with Gasteiger partial charge in [0.1, 0.15) is 5.82 Å². The minimum absolute atomic E-state index is 0.292. The Hall–Kier alpha value is -0.870. The number of nitrogens with zero attached hydrogens (tertiary/aromatic N) is 2. The van der Waals surface area contributed by atoms with Crippen LogP contribution in [0.5, 0.6) is 0 Å². The molecule has 0 aliphatic heterocycles. The number of methoxy groups -OCH3 is 1. The van der Waals surface area contributed by atoms with Crippen molar-refractivity contribution in [2.45, 2.75) is 26.2 Å². The molecule has 0 amide bonds. The van der Waals surface area contributed by atoms with Crippen LogP contribution in [-0.2, 0) is 4.74 Å². The number of ether oxygens (including phenoxy) is 1. The molecule has 1 aliphatic rings. The standard InChI is InChI=1S/C12H18ClN3O/c1-9-7-14-11(13)16-10(9)15-8-12(3-4-12)5-6-17-2/h7H,3-6,8H2,1-2H3,(H,14,15,16). The van der Waals surface area contributed by atoms with Crippen LogP contribution in [0.4, 0.5) is 5.82 Å². The third-order valence-electron chi connectivity index (χ3n) is 3.37. The van der Waals surface area contributed by atoms with E-state index in [4.69, 9.17) is 16.3 Å². The second-order valence-corrected chi connectivity index (χ2v) is 5.11. The second-order valence-electron chi connectivity index (χ2n) is 4.77. The van der Waals surface area contributed by atoms with Gasteiger partial charge in [-0.3, -0.25) is 0 Å². The predicted molar refractivity (Wildman–Crippen MR) is 68.4 cm³/mol. The van der Waals surface area contributed by atoms with Gasteiger partial charge in [0.05, 0.1) is 0 Å². The van der Waals surface area contributed by atoms with Crippen molar-refractivity contribution in [3.05, 3.63) is 17.0 Å². The van der Waals surface area contributed by atoms with Crippen molar-refractivity contribution in [1.29, 1.82) is 0 Å². The molecule has 1 fully saturated rings. The largest absolute Gasteiger partial charge is 0.385 e. The van der Waals surface area contributed by atoms with Crippen LogP contribution in [0.3, 0.4) is 0 Å². The molecule has 5 heteroatoms. The van der Waals surface area contributed by atoms with Crippen molar-refractivity contribution in [2.24, 2.45) is 5.41 Å². The average Bonchev–Trinajstić information content (AvgIpc) is 3.09. The van der Waals surface area contributed by atoms with Gasteiger partial charge in [0, 0.05) is 32.0 Å². The van der Waals surface area contributed by atoms with Crippen molar-refractivity contribution in [2.75, 3.05) is 25.6 Å². The van der Waals surface area contributed by atoms with Gasteiger partial charge < -0.3 is 10.1 Å². The van der Waals surface area contributed by atoms with Gasteiger partial charge in [-0.25, -0.2) is 9.97 Å². The molecule has 1 N–H and O–H groups in total. The van der Waals surface area contributed by atoms with E-state index in [9.17, 15) is 0 Å². The number of anilines is 1. The first-order chi connectivity index (χ1) is 8.15. The van der Waals surface area contributed by atoms with Gasteiger partial charge in [0.2, 0.25) is 5.28 Å². The number of nitrogens with one attached hydrogen (secondary N) is 1. The predicted octanol–water partition coefficient (Wildman–Crippen LogP) is 2.67. The molecule has 0 unspecified atom stereocenters. The summed E-state index contributed by atoms with van der Waals surface area (Å²) in [5.41, 5.74) is 1.43. The van der Waals surface area contributed by atoms with Crippen LogP contribution in [0.25, 0.3) is 0 Å². The van der Waals surface area contributed by atoms with Crippen molar-refractivity contribution >= 4 is 17.4 Å². The average molecular weight is 256 g/mol. The fraction of sp³-hybridized carbons (Fsp3) is 0.667. The summed E-state index contributed by atoms with van der Waals surface area (Å²) in [5.74, 6) is 0.841. The molecular formula is C12H18ClN3O. The molecule has 0 bridgehead atoms. The first-order valence-corrected chi connectivity index (χ1v) is 6.25. The molecule has 0 aromatic carbocycles. The fourth-order valence-corrected chi connectivity index (χ4v) is 2.01. The van der Waals surface area contributed by atoms with Gasteiger partial charge in [-0.2, -0.15) is 0 Å². The van der Waals surface area contributed by atoms with E-state index in [1.54, 1.807) is 13.3 Å². The monoisotopic (exact) mass is 255 g/mol. The second kappa shape index (κ2) is 5.19. The minimum atomic E-state index is 0.292. The molecule has 94 valence electrons. The van der Waals surface area contributed by atoms with Crippen molar-refractivity contribution in [1.82, 2.24) is 9.97 Å². The van der Waals surface area contributed by atoms with Crippen LogP contribution in [0.2, 0.25) is 5.28 Å². The number of hydrogen-bond acceptors (Lipinski definition) is 4. The Morgan fingerprint density at radius 3 is 2.94 bits per heavy atom. The quantitative estimate of drug-likeness (QED) is 0.794. The molecule has 0 atom stereocenters. The highest BCUT2D eigenvalue weighted by molar-refractivity contribution is 6.28. The first-order valence-electron chi connectivity index (χ1n) is 5.87. The zero-order chi connectivity index (χ0) is 12.3. The van der Waals surface area contributed by atoms with E-state index < -0.39 is 0 Å². The van der Waals surface area contributed by atoms with Crippen LogP contribution in [-0.4, -0.2) is 30.2 Å². The van der Waals surface area contributed by atoms with Gasteiger partial charge in [0.15, 0.2) is 0 Å². The van der Waals surface area contributed by atoms with Gasteiger partial charge in [-0.05, 0) is 43.2 Å². The van der Waals surface area contributed by atoms with Crippen LogP contribution in [0.15, 0.2) is 6.20 Å². The third-order valence-corrected chi connectivity index (χ3v) is 3.55. The molecule has 0 saturated heterocycles. The summed E-state index contributed by atoms with van der Waals surface area (Å²) in [4.78, 5) is 8.14. The SMILES string of the molecule is COCCC1(CNc2nc(Cl)ncc2C)CC1. The molecule has 1 heterocycles. The third kappa shape index (κ3) is 3.30. The summed E-state index contributed by atoms with van der Waals surface area (Å²) in [6.07, 6.45) is 5.38. The van der Waals surface area contributed by atoms with E-state index in [2.05, 4.69) is 15.3 Å². The highest BCUT2D eigenvalue weighted by atomic mass is 35.5. The van der Waals surface area contributed by atoms with E-state index >= 15 is 0 Å². The van der Waals surface area contributed by atoms with Crippen molar-refractivity contribution < 1.29 is 4.74 Å². The Bertz CT molecular complexity index is 393. The number of rotatable bonds is 6. The molecule has 1 aromatic rings. The molecule has 4 nitrogen and oxygen atoms in total. The van der Waals surface area contributed by atoms with Crippen LogP contribution in [0.1, 0.15) is 24.8 Å². The Labute approximate surface area is 107 Å². The summed E-state index contributed by atoms with van der Waals surface area (Å²) in [6.45, 7) is 3.74. The Balaban J connectivity index is 1.91. The van der Waals surface area contributed by atoms with Gasteiger partial charge in [-0.1, -0.05) is 0 Å². The summed E-state index contributed by atoms with van der Waals surface area (Å²) in [6, 6.07) is 0. The Morgan fingerprint density at radius 2 is 2.29 bits per heavy atom. The molecular weight excluding hydrogens is 238 g/mol. The molecule has 1 aromatic heterocycles. The molecule has 0 spiro atoms. The minimum Gasteiger partial charge on any atom is -0.385 e. The summed E-state index contributed by atoms with van der Waals surface area (Å²) in [7, 11) is 1.75. The molecule has 2 rings (SSSR count). The number of aryl methyl sites for hydroxylation is 1. The van der Waals surface area contributed by atoms with Gasteiger partial charge in [-0.15, -0.1) is 0 Å². The van der Waals surface area contributed by atoms with Crippen molar-refractivity contribution in [3.8, 4) is 0 Å². The van der Waals surface area contributed by atoms with Crippen LogP contribution in [0, 0.1) is 12.3 Å². The smallest absolute Gasteiger partial charge is 0.224 e. The number of halogens is 1. The number of aromatic nitrogens is 2. The highest BCUT2D eigenvalue weighted by Gasteiger charge is 2.41. The zero-order valence-electron chi connectivity index (χ0n) is 10.3. The zero-order valence-corrected chi connectivity index (χ0v) is 11.0. The Kier molecular flexibility index (Phi) is 3.84. The lowest BCUT2D eigenvalue weighted by atomic mass is 10.0. The maximum absolute atomic E-state index is 5.78. The maximum atomic E-state index is 5.78. The molecule has 1 saturated carbocycles.